The SMILES string of the molecule is Cc1nn(CCC(C)(C)O)c(C)c1-c1cccc(CN=O)c1C. The summed E-state index contributed by atoms with van der Waals surface area (Å²) < 4.78 is 1.95. The van der Waals surface area contributed by atoms with Crippen molar-refractivity contribution in [1.29, 1.82) is 0 Å². The van der Waals surface area contributed by atoms with Crippen LogP contribution in [-0.2, 0) is 13.1 Å². The van der Waals surface area contributed by atoms with Crippen molar-refractivity contribution in [3.05, 3.63) is 45.6 Å². The number of nitroso groups, excluding NO2 is 1. The van der Waals surface area contributed by atoms with Crippen LogP contribution in [0, 0.1) is 25.7 Å². The van der Waals surface area contributed by atoms with Crippen molar-refractivity contribution >= 4 is 0 Å². The predicted molar refractivity (Wildman–Crippen MR) is 92.3 cm³/mol. The molecule has 0 radical (unpaired) electrons. The average Bonchev–Trinajstić information content (AvgIpc) is 2.74. The van der Waals surface area contributed by atoms with E-state index >= 15 is 0 Å². The molecular formula is C18H25N3O2. The number of aryl methyl sites for hydroxylation is 2. The molecule has 124 valence electrons. The summed E-state index contributed by atoms with van der Waals surface area (Å²) in [7, 11) is 0. The monoisotopic (exact) mass is 315 g/mol. The largest absolute Gasteiger partial charge is 0.390 e. The Balaban J connectivity index is 2.43. The van der Waals surface area contributed by atoms with Gasteiger partial charge in [-0.25, -0.2) is 0 Å². The molecule has 23 heavy (non-hydrogen) atoms. The first kappa shape index (κ1) is 17.3. The molecule has 1 aromatic carbocycles. The van der Waals surface area contributed by atoms with Gasteiger partial charge in [0, 0.05) is 17.8 Å². The van der Waals surface area contributed by atoms with Crippen LogP contribution in [0.15, 0.2) is 23.4 Å². The summed E-state index contributed by atoms with van der Waals surface area (Å²) in [6.07, 6.45) is 0.641. The first-order valence-electron chi connectivity index (χ1n) is 7.89. The first-order valence-corrected chi connectivity index (χ1v) is 7.89. The van der Waals surface area contributed by atoms with Crippen molar-refractivity contribution in [3.8, 4) is 11.1 Å². The number of nitrogens with zero attached hydrogens (tertiary/aromatic N) is 3. The van der Waals surface area contributed by atoms with E-state index in [0.717, 1.165) is 33.6 Å². The van der Waals surface area contributed by atoms with E-state index in [0.29, 0.717) is 13.0 Å². The highest BCUT2D eigenvalue weighted by molar-refractivity contribution is 5.72. The lowest BCUT2D eigenvalue weighted by Gasteiger charge is -2.17. The fourth-order valence-corrected chi connectivity index (χ4v) is 2.88. The molecule has 0 bridgehead atoms. The number of benzene rings is 1. The molecule has 0 fully saturated rings. The third kappa shape index (κ3) is 3.85. The fraction of sp³-hybridized carbons (Fsp3) is 0.500. The Labute approximate surface area is 137 Å². The smallest absolute Gasteiger partial charge is 0.106 e. The van der Waals surface area contributed by atoms with E-state index in [2.05, 4.69) is 16.3 Å². The van der Waals surface area contributed by atoms with Gasteiger partial charge in [-0.2, -0.15) is 10.0 Å². The summed E-state index contributed by atoms with van der Waals surface area (Å²) in [4.78, 5) is 10.6. The second-order valence-corrected chi connectivity index (χ2v) is 6.71. The summed E-state index contributed by atoms with van der Waals surface area (Å²) in [5.41, 5.74) is 5.53. The highest BCUT2D eigenvalue weighted by Crippen LogP contribution is 2.31. The van der Waals surface area contributed by atoms with Gasteiger partial charge in [-0.15, -0.1) is 0 Å². The van der Waals surface area contributed by atoms with Gasteiger partial charge in [-0.3, -0.25) is 4.68 Å². The molecular weight excluding hydrogens is 290 g/mol. The van der Waals surface area contributed by atoms with E-state index < -0.39 is 5.60 Å². The van der Waals surface area contributed by atoms with E-state index in [9.17, 15) is 10.0 Å². The molecule has 5 heteroatoms. The summed E-state index contributed by atoms with van der Waals surface area (Å²) in [5.74, 6) is 0. The van der Waals surface area contributed by atoms with Crippen molar-refractivity contribution in [2.24, 2.45) is 5.18 Å². The number of hydrogen-bond acceptors (Lipinski definition) is 4. The Morgan fingerprint density at radius 1 is 1.26 bits per heavy atom. The molecule has 0 amide bonds. The van der Waals surface area contributed by atoms with Crippen LogP contribution in [-0.4, -0.2) is 20.5 Å². The normalized spacial score (nSPS) is 11.7. The second kappa shape index (κ2) is 6.62. The molecule has 1 N–H and O–H groups in total. The average molecular weight is 315 g/mol. The van der Waals surface area contributed by atoms with Crippen molar-refractivity contribution < 1.29 is 5.11 Å². The Bertz CT molecular complexity index is 712. The molecule has 0 spiro atoms. The molecule has 0 saturated heterocycles. The van der Waals surface area contributed by atoms with Gasteiger partial charge in [0.25, 0.3) is 0 Å². The summed E-state index contributed by atoms with van der Waals surface area (Å²) in [6, 6.07) is 5.94. The Morgan fingerprint density at radius 3 is 2.57 bits per heavy atom. The van der Waals surface area contributed by atoms with Gasteiger partial charge in [0.05, 0.1) is 11.3 Å². The highest BCUT2D eigenvalue weighted by atomic mass is 16.3. The first-order chi connectivity index (χ1) is 10.7. The van der Waals surface area contributed by atoms with Gasteiger partial charge in [0.2, 0.25) is 0 Å². The molecule has 0 aliphatic carbocycles. The van der Waals surface area contributed by atoms with Crippen LogP contribution in [0.1, 0.15) is 42.8 Å². The Morgan fingerprint density at radius 2 is 1.96 bits per heavy atom. The lowest BCUT2D eigenvalue weighted by Crippen LogP contribution is -2.21. The van der Waals surface area contributed by atoms with Crippen LogP contribution in [0.5, 0.6) is 0 Å². The standard InChI is InChI=1S/C18H25N3O2/c1-12-15(11-19-23)7-6-8-16(12)17-13(2)20-21(14(17)3)10-9-18(4,5)22/h6-8,22H,9-11H2,1-5H3. The minimum atomic E-state index is -0.710. The predicted octanol–water partition coefficient (Wildman–Crippen LogP) is 3.90. The molecule has 0 unspecified atom stereocenters. The molecule has 0 saturated carbocycles. The number of aromatic nitrogens is 2. The quantitative estimate of drug-likeness (QED) is 0.822. The van der Waals surface area contributed by atoms with Crippen LogP contribution < -0.4 is 0 Å². The fourth-order valence-electron chi connectivity index (χ4n) is 2.88. The third-order valence-corrected chi connectivity index (χ3v) is 4.27. The van der Waals surface area contributed by atoms with Crippen molar-refractivity contribution in [1.82, 2.24) is 9.78 Å². The van der Waals surface area contributed by atoms with Gasteiger partial charge in [0.15, 0.2) is 0 Å². The van der Waals surface area contributed by atoms with Crippen LogP contribution in [0.4, 0.5) is 0 Å². The molecule has 0 aliphatic rings. The maximum Gasteiger partial charge on any atom is 0.106 e. The number of aliphatic hydroxyl groups is 1. The van der Waals surface area contributed by atoms with Crippen LogP contribution in [0.2, 0.25) is 0 Å². The Hall–Kier alpha value is -2.01. The topological polar surface area (TPSA) is 67.5 Å². The van der Waals surface area contributed by atoms with E-state index in [4.69, 9.17) is 0 Å². The van der Waals surface area contributed by atoms with E-state index in [1.54, 1.807) is 13.8 Å². The minimum Gasteiger partial charge on any atom is -0.390 e. The summed E-state index contributed by atoms with van der Waals surface area (Å²) in [5, 5.41) is 17.6. The van der Waals surface area contributed by atoms with Gasteiger partial charge in [0.1, 0.15) is 6.54 Å². The third-order valence-electron chi connectivity index (χ3n) is 4.27. The van der Waals surface area contributed by atoms with E-state index in [1.165, 1.54) is 0 Å². The Kier molecular flexibility index (Phi) is 5.00. The van der Waals surface area contributed by atoms with E-state index in [-0.39, 0.29) is 6.54 Å². The zero-order valence-corrected chi connectivity index (χ0v) is 14.6. The lowest BCUT2D eigenvalue weighted by molar-refractivity contribution is 0.0649. The molecule has 2 aromatic rings. The van der Waals surface area contributed by atoms with Crippen molar-refractivity contribution in [2.45, 2.75) is 59.7 Å². The summed E-state index contributed by atoms with van der Waals surface area (Å²) >= 11 is 0. The zero-order valence-electron chi connectivity index (χ0n) is 14.6. The van der Waals surface area contributed by atoms with Crippen LogP contribution in [0.25, 0.3) is 11.1 Å². The minimum absolute atomic E-state index is 0.185. The van der Waals surface area contributed by atoms with Crippen molar-refractivity contribution in [2.75, 3.05) is 0 Å². The molecule has 2 rings (SSSR count). The summed E-state index contributed by atoms with van der Waals surface area (Å²) in [6.45, 7) is 10.5. The van der Waals surface area contributed by atoms with Gasteiger partial charge in [-0.1, -0.05) is 23.4 Å². The van der Waals surface area contributed by atoms with Crippen LogP contribution in [0.3, 0.4) is 0 Å². The van der Waals surface area contributed by atoms with E-state index in [1.807, 2.05) is 37.6 Å². The van der Waals surface area contributed by atoms with Crippen LogP contribution >= 0.6 is 0 Å². The second-order valence-electron chi connectivity index (χ2n) is 6.71. The maximum absolute atomic E-state index is 10.6. The van der Waals surface area contributed by atoms with Crippen molar-refractivity contribution in [3.63, 3.8) is 0 Å². The molecule has 1 aromatic heterocycles. The van der Waals surface area contributed by atoms with Gasteiger partial charge < -0.3 is 5.11 Å². The molecule has 0 atom stereocenters. The molecule has 5 nitrogen and oxygen atoms in total. The molecule has 1 heterocycles. The van der Waals surface area contributed by atoms with Gasteiger partial charge in [-0.05, 0) is 57.7 Å². The number of hydrogen-bond donors (Lipinski definition) is 1. The lowest BCUT2D eigenvalue weighted by atomic mass is 9.95. The maximum atomic E-state index is 10.6. The zero-order chi connectivity index (χ0) is 17.2. The molecule has 0 aliphatic heterocycles. The number of rotatable bonds is 6. The van der Waals surface area contributed by atoms with Gasteiger partial charge >= 0.3 is 0 Å². The highest BCUT2D eigenvalue weighted by Gasteiger charge is 2.18.